The van der Waals surface area contributed by atoms with Gasteiger partial charge in [-0.3, -0.25) is 0 Å². The highest BCUT2D eigenvalue weighted by molar-refractivity contribution is 14.1. The topological polar surface area (TPSA) is 47.0 Å². The minimum Gasteiger partial charge on any atom is -0.229 e. The van der Waals surface area contributed by atoms with E-state index >= 15 is 0 Å². The number of pyridine rings is 1. The summed E-state index contributed by atoms with van der Waals surface area (Å²) in [5.74, 6) is 0. The van der Waals surface area contributed by atoms with Gasteiger partial charge in [-0.2, -0.15) is 0 Å². The van der Waals surface area contributed by atoms with E-state index in [-0.39, 0.29) is 3.70 Å². The third-order valence-electron chi connectivity index (χ3n) is 1.29. The van der Waals surface area contributed by atoms with Crippen LogP contribution >= 0.6 is 33.3 Å². The number of hydrogen-bond acceptors (Lipinski definition) is 3. The highest BCUT2D eigenvalue weighted by Crippen LogP contribution is 2.23. The molecule has 1 aromatic rings. The molecule has 0 aliphatic carbocycles. The fourth-order valence-corrected chi connectivity index (χ4v) is 2.25. The predicted molar refractivity (Wildman–Crippen MR) is 54.9 cm³/mol. The molecule has 0 aliphatic heterocycles. The largest absolute Gasteiger partial charge is 0.278 e. The van der Waals surface area contributed by atoms with Crippen molar-refractivity contribution < 1.29 is 17.2 Å². The molecule has 0 saturated carbocycles. The van der Waals surface area contributed by atoms with Crippen molar-refractivity contribution in [2.75, 3.05) is 0 Å². The van der Waals surface area contributed by atoms with Crippen LogP contribution in [0.3, 0.4) is 0 Å². The molecule has 14 heavy (non-hydrogen) atoms. The number of halogens is 4. The Morgan fingerprint density at radius 2 is 2.00 bits per heavy atom. The number of rotatable bonds is 2. The highest BCUT2D eigenvalue weighted by atomic mass is 127. The molecule has 8 heteroatoms. The van der Waals surface area contributed by atoms with Gasteiger partial charge in [0.1, 0.15) is 3.70 Å². The second-order valence-electron chi connectivity index (χ2n) is 2.30. The van der Waals surface area contributed by atoms with Crippen molar-refractivity contribution in [2.24, 2.45) is 0 Å². The van der Waals surface area contributed by atoms with Crippen LogP contribution in [0, 0.1) is 3.70 Å². The maximum atomic E-state index is 12.2. The molecule has 0 N–H and O–H groups in total. The van der Waals surface area contributed by atoms with Gasteiger partial charge < -0.3 is 0 Å². The molecule has 3 nitrogen and oxygen atoms in total. The monoisotopic (exact) mass is 353 g/mol. The molecular weight excluding hydrogens is 350 g/mol. The van der Waals surface area contributed by atoms with E-state index in [0.717, 1.165) is 12.1 Å². The third-order valence-corrected chi connectivity index (χ3v) is 3.03. The van der Waals surface area contributed by atoms with Gasteiger partial charge in [0, 0.05) is 16.2 Å². The van der Waals surface area contributed by atoms with Gasteiger partial charge in [-0.05, 0) is 34.7 Å². The minimum atomic E-state index is -4.06. The summed E-state index contributed by atoms with van der Waals surface area (Å²) < 4.78 is 46.3. The van der Waals surface area contributed by atoms with E-state index in [1.54, 1.807) is 22.6 Å². The van der Waals surface area contributed by atoms with E-state index in [2.05, 4.69) is 4.98 Å². The van der Waals surface area contributed by atoms with Crippen LogP contribution < -0.4 is 0 Å². The zero-order valence-electron chi connectivity index (χ0n) is 6.42. The first kappa shape index (κ1) is 12.1. The van der Waals surface area contributed by atoms with Crippen molar-refractivity contribution in [1.82, 2.24) is 4.98 Å². The molecule has 0 saturated heterocycles. The number of hydrogen-bond donors (Lipinski definition) is 0. The summed E-state index contributed by atoms with van der Waals surface area (Å²) >= 11 is 1.64. The SMILES string of the molecule is O=S(=O)(Cl)c1cc(C(F)F)cc(I)n1. The lowest BCUT2D eigenvalue weighted by Gasteiger charge is -2.02. The predicted octanol–water partition coefficient (Wildman–Crippen LogP) is 2.55. The zero-order valence-corrected chi connectivity index (χ0v) is 10.1. The molecule has 0 fully saturated rings. The van der Waals surface area contributed by atoms with Crippen LogP contribution in [0.5, 0.6) is 0 Å². The Morgan fingerprint density at radius 3 is 2.43 bits per heavy atom. The van der Waals surface area contributed by atoms with Crippen molar-refractivity contribution >= 4 is 42.3 Å². The van der Waals surface area contributed by atoms with Gasteiger partial charge in [0.25, 0.3) is 15.5 Å². The van der Waals surface area contributed by atoms with Gasteiger partial charge >= 0.3 is 0 Å². The number of aromatic nitrogens is 1. The fourth-order valence-electron chi connectivity index (χ4n) is 0.742. The van der Waals surface area contributed by atoms with E-state index in [1.165, 1.54) is 0 Å². The van der Waals surface area contributed by atoms with Crippen LogP contribution in [0.25, 0.3) is 0 Å². The van der Waals surface area contributed by atoms with E-state index in [4.69, 9.17) is 10.7 Å². The molecule has 0 amide bonds. The van der Waals surface area contributed by atoms with Crippen LogP contribution in [-0.2, 0) is 9.05 Å². The first-order valence-corrected chi connectivity index (χ1v) is 6.60. The molecule has 0 radical (unpaired) electrons. The summed E-state index contributed by atoms with van der Waals surface area (Å²) in [5.41, 5.74) is -0.413. The van der Waals surface area contributed by atoms with Crippen LogP contribution in [0.1, 0.15) is 12.0 Å². The molecule has 0 spiro atoms. The smallest absolute Gasteiger partial charge is 0.229 e. The first-order chi connectivity index (χ1) is 6.30. The first-order valence-electron chi connectivity index (χ1n) is 3.21. The Labute approximate surface area is 97.0 Å². The van der Waals surface area contributed by atoms with Gasteiger partial charge in [-0.15, -0.1) is 0 Å². The summed E-state index contributed by atoms with van der Waals surface area (Å²) in [6.45, 7) is 0. The molecular formula is C6H3ClF2INO2S. The number of alkyl halides is 2. The van der Waals surface area contributed by atoms with Crippen molar-refractivity contribution in [3.63, 3.8) is 0 Å². The summed E-state index contributed by atoms with van der Waals surface area (Å²) in [4.78, 5) is 3.52. The molecule has 78 valence electrons. The van der Waals surface area contributed by atoms with Crippen molar-refractivity contribution in [1.29, 1.82) is 0 Å². The van der Waals surface area contributed by atoms with Gasteiger partial charge in [0.15, 0.2) is 5.03 Å². The minimum absolute atomic E-state index is 0.152. The second kappa shape index (κ2) is 4.23. The fraction of sp³-hybridized carbons (Fsp3) is 0.167. The normalized spacial score (nSPS) is 12.1. The lowest BCUT2D eigenvalue weighted by atomic mass is 10.3. The van der Waals surface area contributed by atoms with Crippen molar-refractivity contribution in [2.45, 2.75) is 11.5 Å². The van der Waals surface area contributed by atoms with Gasteiger partial charge in [-0.25, -0.2) is 22.2 Å². The summed E-state index contributed by atoms with van der Waals surface area (Å²) in [7, 11) is 0.910. The van der Waals surface area contributed by atoms with Crippen molar-refractivity contribution in [3.8, 4) is 0 Å². The molecule has 1 rings (SSSR count). The average Bonchev–Trinajstić information content (AvgIpc) is 2.01. The van der Waals surface area contributed by atoms with E-state index in [0.29, 0.717) is 0 Å². The lowest BCUT2D eigenvalue weighted by Crippen LogP contribution is -1.99. The molecule has 0 aliphatic rings. The maximum absolute atomic E-state index is 12.2. The second-order valence-corrected chi connectivity index (χ2v) is 5.92. The summed E-state index contributed by atoms with van der Waals surface area (Å²) in [6.07, 6.45) is -2.75. The molecule has 0 bridgehead atoms. The van der Waals surface area contributed by atoms with Gasteiger partial charge in [0.2, 0.25) is 0 Å². The standard InChI is InChI=1S/C6H3ClF2INO2S/c7-14(12,13)5-2-3(6(8)9)1-4(10)11-5/h1-2,6H. The Balaban J connectivity index is 3.35. The molecule has 1 heterocycles. The van der Waals surface area contributed by atoms with E-state index < -0.39 is 26.1 Å². The third kappa shape index (κ3) is 2.99. The van der Waals surface area contributed by atoms with Crippen LogP contribution in [0.15, 0.2) is 17.2 Å². The van der Waals surface area contributed by atoms with Crippen LogP contribution in [0.4, 0.5) is 8.78 Å². The van der Waals surface area contributed by atoms with E-state index in [9.17, 15) is 17.2 Å². The van der Waals surface area contributed by atoms with Crippen molar-refractivity contribution in [3.05, 3.63) is 21.4 Å². The Morgan fingerprint density at radius 1 is 1.43 bits per heavy atom. The molecule has 1 aromatic heterocycles. The summed E-state index contributed by atoms with van der Waals surface area (Å²) in [6, 6.07) is 1.85. The quantitative estimate of drug-likeness (QED) is 0.466. The average molecular weight is 354 g/mol. The Kier molecular flexibility index (Phi) is 3.64. The zero-order chi connectivity index (χ0) is 10.9. The summed E-state index contributed by atoms with van der Waals surface area (Å²) in [5, 5.41) is -0.554. The van der Waals surface area contributed by atoms with E-state index in [1.807, 2.05) is 0 Å². The van der Waals surface area contributed by atoms with Crippen LogP contribution in [-0.4, -0.2) is 13.4 Å². The van der Waals surface area contributed by atoms with Gasteiger partial charge in [0.05, 0.1) is 0 Å². The lowest BCUT2D eigenvalue weighted by molar-refractivity contribution is 0.151. The Bertz CT molecular complexity index is 451. The number of nitrogens with zero attached hydrogens (tertiary/aromatic N) is 1. The highest BCUT2D eigenvalue weighted by Gasteiger charge is 2.17. The van der Waals surface area contributed by atoms with Gasteiger partial charge in [-0.1, -0.05) is 0 Å². The Hall–Kier alpha value is -0.0200. The molecule has 0 atom stereocenters. The maximum Gasteiger partial charge on any atom is 0.278 e. The molecule has 0 unspecified atom stereocenters. The van der Waals surface area contributed by atoms with Crippen LogP contribution in [0.2, 0.25) is 0 Å². The molecule has 0 aromatic carbocycles.